The second-order valence-electron chi connectivity index (χ2n) is 3.15. The predicted molar refractivity (Wildman–Crippen MR) is 74.5 cm³/mol. The summed E-state index contributed by atoms with van der Waals surface area (Å²) in [7, 11) is 0. The van der Waals surface area contributed by atoms with E-state index in [1.165, 1.54) is 0 Å². The number of aliphatic hydroxyl groups excluding tert-OH is 1. The van der Waals surface area contributed by atoms with E-state index in [-0.39, 0.29) is 0 Å². The van der Waals surface area contributed by atoms with Crippen LogP contribution in [0.1, 0.15) is 31.4 Å². The molecule has 0 aromatic heterocycles. The molecule has 0 amide bonds. The van der Waals surface area contributed by atoms with E-state index in [4.69, 9.17) is 0 Å². The smallest absolute Gasteiger partial charge is 0.0810 e. The molecule has 0 heterocycles. The van der Waals surface area contributed by atoms with E-state index >= 15 is 0 Å². The fraction of sp³-hybridized carbons (Fsp3) is 0.333. The first-order chi connectivity index (χ1) is 7.15. The predicted octanol–water partition coefficient (Wildman–Crippen LogP) is 3.89. The Labute approximate surface area is 113 Å². The van der Waals surface area contributed by atoms with Crippen molar-refractivity contribution in [3.8, 4) is 11.8 Å². The van der Waals surface area contributed by atoms with Crippen molar-refractivity contribution in [2.75, 3.05) is 0 Å². The standard InChI is InChI=1S/C12H12BrIO/c1-2-3-4-5-12(15)10-8-9(14)6-7-11(10)13/h6-8,12,15H,4-5H2,1H3. The van der Waals surface area contributed by atoms with Crippen LogP contribution in [-0.2, 0) is 0 Å². The summed E-state index contributed by atoms with van der Waals surface area (Å²) in [5.41, 5.74) is 0.944. The number of rotatable bonds is 3. The Morgan fingerprint density at radius 2 is 2.27 bits per heavy atom. The Morgan fingerprint density at radius 1 is 1.53 bits per heavy atom. The third-order valence-corrected chi connectivity index (χ3v) is 3.43. The van der Waals surface area contributed by atoms with Gasteiger partial charge in [-0.2, -0.15) is 0 Å². The molecule has 1 aromatic carbocycles. The van der Waals surface area contributed by atoms with Gasteiger partial charge < -0.3 is 5.11 Å². The van der Waals surface area contributed by atoms with Crippen LogP contribution in [0.2, 0.25) is 0 Å². The first-order valence-electron chi connectivity index (χ1n) is 4.67. The third kappa shape index (κ3) is 4.13. The Kier molecular flexibility index (Phi) is 5.65. The lowest BCUT2D eigenvalue weighted by atomic mass is 10.1. The van der Waals surface area contributed by atoms with Gasteiger partial charge in [-0.3, -0.25) is 0 Å². The molecule has 80 valence electrons. The molecular formula is C12H12BrIO. The highest BCUT2D eigenvalue weighted by Crippen LogP contribution is 2.27. The monoisotopic (exact) mass is 378 g/mol. The molecule has 1 nitrogen and oxygen atoms in total. The quantitative estimate of drug-likeness (QED) is 0.624. The minimum Gasteiger partial charge on any atom is -0.388 e. The summed E-state index contributed by atoms with van der Waals surface area (Å²) in [6.07, 6.45) is 0.977. The van der Waals surface area contributed by atoms with Crippen LogP contribution in [0.25, 0.3) is 0 Å². The van der Waals surface area contributed by atoms with Gasteiger partial charge in [0.15, 0.2) is 0 Å². The first-order valence-corrected chi connectivity index (χ1v) is 6.55. The second kappa shape index (κ2) is 6.51. The summed E-state index contributed by atoms with van der Waals surface area (Å²) in [5.74, 6) is 5.78. The van der Waals surface area contributed by atoms with Crippen LogP contribution in [-0.4, -0.2) is 5.11 Å². The molecule has 15 heavy (non-hydrogen) atoms. The van der Waals surface area contributed by atoms with Gasteiger partial charge in [-0.25, -0.2) is 0 Å². The average molecular weight is 379 g/mol. The van der Waals surface area contributed by atoms with Gasteiger partial charge >= 0.3 is 0 Å². The molecule has 0 saturated heterocycles. The molecule has 1 aromatic rings. The molecule has 0 spiro atoms. The summed E-state index contributed by atoms with van der Waals surface area (Å²) < 4.78 is 2.09. The Bertz CT molecular complexity index is 392. The highest BCUT2D eigenvalue weighted by molar-refractivity contribution is 14.1. The van der Waals surface area contributed by atoms with Crippen LogP contribution in [0.4, 0.5) is 0 Å². The molecule has 1 atom stereocenters. The molecule has 1 unspecified atom stereocenters. The van der Waals surface area contributed by atoms with Gasteiger partial charge in [0.05, 0.1) is 6.10 Å². The maximum absolute atomic E-state index is 9.95. The summed E-state index contributed by atoms with van der Waals surface area (Å²) in [5, 5.41) is 9.95. The van der Waals surface area contributed by atoms with E-state index in [1.807, 2.05) is 25.1 Å². The molecule has 0 fully saturated rings. The number of halogens is 2. The molecule has 0 bridgehead atoms. The maximum atomic E-state index is 9.95. The van der Waals surface area contributed by atoms with Gasteiger partial charge in [-0.1, -0.05) is 15.9 Å². The zero-order valence-corrected chi connectivity index (χ0v) is 12.2. The molecule has 0 radical (unpaired) electrons. The zero-order valence-electron chi connectivity index (χ0n) is 8.43. The van der Waals surface area contributed by atoms with E-state index < -0.39 is 6.10 Å². The van der Waals surface area contributed by atoms with E-state index in [0.29, 0.717) is 6.42 Å². The molecule has 0 aliphatic heterocycles. The second-order valence-corrected chi connectivity index (χ2v) is 5.25. The third-order valence-electron chi connectivity index (χ3n) is 2.04. The van der Waals surface area contributed by atoms with Gasteiger partial charge in [0.25, 0.3) is 0 Å². The fourth-order valence-electron chi connectivity index (χ4n) is 1.26. The summed E-state index contributed by atoms with van der Waals surface area (Å²) in [4.78, 5) is 0. The Balaban J connectivity index is 2.74. The van der Waals surface area contributed by atoms with Crippen molar-refractivity contribution >= 4 is 38.5 Å². The molecule has 1 rings (SSSR count). The molecule has 0 saturated carbocycles. The lowest BCUT2D eigenvalue weighted by Gasteiger charge is -2.11. The van der Waals surface area contributed by atoms with Gasteiger partial charge in [0, 0.05) is 14.5 Å². The highest BCUT2D eigenvalue weighted by atomic mass is 127. The summed E-state index contributed by atoms with van der Waals surface area (Å²) in [6.45, 7) is 1.81. The van der Waals surface area contributed by atoms with Crippen LogP contribution in [0, 0.1) is 15.4 Å². The highest BCUT2D eigenvalue weighted by Gasteiger charge is 2.10. The maximum Gasteiger partial charge on any atom is 0.0810 e. The summed E-state index contributed by atoms with van der Waals surface area (Å²) >= 11 is 5.68. The van der Waals surface area contributed by atoms with Crippen molar-refractivity contribution in [3.05, 3.63) is 31.8 Å². The molecule has 0 aliphatic carbocycles. The van der Waals surface area contributed by atoms with Gasteiger partial charge in [0.2, 0.25) is 0 Å². The van der Waals surface area contributed by atoms with Crippen molar-refractivity contribution in [2.24, 2.45) is 0 Å². The van der Waals surface area contributed by atoms with E-state index in [1.54, 1.807) is 0 Å². The molecule has 1 N–H and O–H groups in total. The first kappa shape index (κ1) is 13.0. The number of aliphatic hydroxyl groups is 1. The lowest BCUT2D eigenvalue weighted by molar-refractivity contribution is 0.168. The van der Waals surface area contributed by atoms with Gasteiger partial charge in [0.1, 0.15) is 0 Å². The zero-order chi connectivity index (χ0) is 11.3. The van der Waals surface area contributed by atoms with Crippen LogP contribution in [0.3, 0.4) is 0 Å². The topological polar surface area (TPSA) is 20.2 Å². The van der Waals surface area contributed by atoms with Crippen molar-refractivity contribution in [2.45, 2.75) is 25.9 Å². The van der Waals surface area contributed by atoms with Crippen LogP contribution in [0.5, 0.6) is 0 Å². The normalized spacial score (nSPS) is 11.7. The Morgan fingerprint density at radius 3 is 2.93 bits per heavy atom. The fourth-order valence-corrected chi connectivity index (χ4v) is 2.29. The summed E-state index contributed by atoms with van der Waals surface area (Å²) in [6, 6.07) is 5.97. The van der Waals surface area contributed by atoms with E-state index in [9.17, 15) is 5.11 Å². The van der Waals surface area contributed by atoms with Gasteiger partial charge in [-0.05, 0) is 59.7 Å². The number of hydrogen-bond donors (Lipinski definition) is 1. The molecule has 0 aliphatic rings. The van der Waals surface area contributed by atoms with E-state index in [0.717, 1.165) is 20.0 Å². The number of benzene rings is 1. The van der Waals surface area contributed by atoms with Crippen LogP contribution >= 0.6 is 38.5 Å². The average Bonchev–Trinajstić information content (AvgIpc) is 2.22. The van der Waals surface area contributed by atoms with Gasteiger partial charge in [-0.15, -0.1) is 11.8 Å². The Hall–Kier alpha value is -0.0500. The minimum absolute atomic E-state index is 0.435. The largest absolute Gasteiger partial charge is 0.388 e. The van der Waals surface area contributed by atoms with Crippen molar-refractivity contribution in [1.82, 2.24) is 0 Å². The van der Waals surface area contributed by atoms with Crippen molar-refractivity contribution in [1.29, 1.82) is 0 Å². The van der Waals surface area contributed by atoms with Crippen LogP contribution < -0.4 is 0 Å². The lowest BCUT2D eigenvalue weighted by Crippen LogP contribution is -1.98. The SMILES string of the molecule is CC#CCCC(O)c1cc(I)ccc1Br. The molecule has 3 heteroatoms. The minimum atomic E-state index is -0.435. The molecular weight excluding hydrogens is 367 g/mol. The van der Waals surface area contributed by atoms with E-state index in [2.05, 4.69) is 50.4 Å². The number of hydrogen-bond acceptors (Lipinski definition) is 1. The van der Waals surface area contributed by atoms with Crippen molar-refractivity contribution < 1.29 is 5.11 Å². The van der Waals surface area contributed by atoms with Crippen LogP contribution in [0.15, 0.2) is 22.7 Å². The van der Waals surface area contributed by atoms with Crippen molar-refractivity contribution in [3.63, 3.8) is 0 Å².